The Morgan fingerprint density at radius 1 is 0.829 bits per heavy atom. The minimum absolute atomic E-state index is 0.0427. The third-order valence-corrected chi connectivity index (χ3v) is 6.19. The SMILES string of the molecule is Cc1cc(C)cc(CC(=O)N(Cc2ccccc2C)[C@H](Cc2ccccc2)C(=O)NCC(C)C)c1. The second-order valence-corrected chi connectivity index (χ2v) is 9.97. The average molecular weight is 471 g/mol. The molecule has 0 aliphatic rings. The molecule has 0 bridgehead atoms. The van der Waals surface area contributed by atoms with Crippen LogP contribution in [-0.2, 0) is 29.0 Å². The topological polar surface area (TPSA) is 49.4 Å². The van der Waals surface area contributed by atoms with E-state index in [9.17, 15) is 9.59 Å². The molecule has 4 heteroatoms. The number of rotatable bonds is 10. The molecule has 1 N–H and O–H groups in total. The molecule has 0 fully saturated rings. The highest BCUT2D eigenvalue weighted by molar-refractivity contribution is 5.88. The van der Waals surface area contributed by atoms with E-state index in [-0.39, 0.29) is 18.2 Å². The van der Waals surface area contributed by atoms with Gasteiger partial charge in [0.2, 0.25) is 11.8 Å². The molecule has 2 amide bonds. The zero-order valence-electron chi connectivity index (χ0n) is 21.7. The predicted octanol–water partition coefficient (Wildman–Crippen LogP) is 5.57. The third kappa shape index (κ3) is 7.81. The Bertz CT molecular complexity index is 1120. The van der Waals surface area contributed by atoms with Gasteiger partial charge in [-0.2, -0.15) is 0 Å². The number of benzene rings is 3. The van der Waals surface area contributed by atoms with Crippen LogP contribution in [0.2, 0.25) is 0 Å². The molecule has 0 aromatic heterocycles. The summed E-state index contributed by atoms with van der Waals surface area (Å²) in [6.07, 6.45) is 0.729. The van der Waals surface area contributed by atoms with Gasteiger partial charge in [-0.1, -0.05) is 97.8 Å². The second-order valence-electron chi connectivity index (χ2n) is 9.97. The summed E-state index contributed by atoms with van der Waals surface area (Å²) >= 11 is 0. The quantitative estimate of drug-likeness (QED) is 0.421. The van der Waals surface area contributed by atoms with Gasteiger partial charge in [0.15, 0.2) is 0 Å². The highest BCUT2D eigenvalue weighted by atomic mass is 16.2. The number of hydrogen-bond acceptors (Lipinski definition) is 2. The normalized spacial score (nSPS) is 11.8. The lowest BCUT2D eigenvalue weighted by atomic mass is 9.99. The summed E-state index contributed by atoms with van der Waals surface area (Å²) < 4.78 is 0. The molecule has 35 heavy (non-hydrogen) atoms. The summed E-state index contributed by atoms with van der Waals surface area (Å²) in [5.74, 6) is 0.177. The van der Waals surface area contributed by atoms with Crippen molar-refractivity contribution < 1.29 is 9.59 Å². The minimum atomic E-state index is -0.603. The largest absolute Gasteiger partial charge is 0.354 e. The van der Waals surface area contributed by atoms with Crippen LogP contribution in [0.1, 0.15) is 47.2 Å². The second kappa shape index (κ2) is 12.3. The molecule has 0 spiro atoms. The van der Waals surface area contributed by atoms with Gasteiger partial charge in [-0.3, -0.25) is 9.59 Å². The zero-order valence-corrected chi connectivity index (χ0v) is 21.7. The number of nitrogens with one attached hydrogen (secondary N) is 1. The smallest absolute Gasteiger partial charge is 0.243 e. The van der Waals surface area contributed by atoms with Gasteiger partial charge < -0.3 is 10.2 Å². The van der Waals surface area contributed by atoms with E-state index in [2.05, 4.69) is 37.4 Å². The zero-order chi connectivity index (χ0) is 25.4. The van der Waals surface area contributed by atoms with Crippen molar-refractivity contribution in [3.05, 3.63) is 106 Å². The minimum Gasteiger partial charge on any atom is -0.354 e. The molecule has 3 aromatic rings. The van der Waals surface area contributed by atoms with Crippen molar-refractivity contribution in [3.63, 3.8) is 0 Å². The first kappa shape index (κ1) is 26.2. The van der Waals surface area contributed by atoms with Crippen molar-refractivity contribution in [3.8, 4) is 0 Å². The first-order chi connectivity index (χ1) is 16.7. The van der Waals surface area contributed by atoms with E-state index in [1.165, 1.54) is 0 Å². The lowest BCUT2D eigenvalue weighted by molar-refractivity contribution is -0.140. The molecule has 0 saturated carbocycles. The van der Waals surface area contributed by atoms with E-state index >= 15 is 0 Å². The van der Waals surface area contributed by atoms with Crippen LogP contribution in [0.15, 0.2) is 72.8 Å². The fraction of sp³-hybridized carbons (Fsp3) is 0.355. The molecule has 184 valence electrons. The molecule has 0 aliphatic heterocycles. The van der Waals surface area contributed by atoms with Crippen molar-refractivity contribution in [2.75, 3.05) is 6.54 Å². The Balaban J connectivity index is 1.98. The molecule has 1 atom stereocenters. The molecule has 3 aromatic carbocycles. The van der Waals surface area contributed by atoms with Crippen molar-refractivity contribution in [1.82, 2.24) is 10.2 Å². The highest BCUT2D eigenvalue weighted by Crippen LogP contribution is 2.19. The first-order valence-corrected chi connectivity index (χ1v) is 12.5. The Morgan fingerprint density at radius 2 is 1.46 bits per heavy atom. The lowest BCUT2D eigenvalue weighted by Crippen LogP contribution is -2.51. The van der Waals surface area contributed by atoms with Crippen molar-refractivity contribution in [1.29, 1.82) is 0 Å². The molecule has 0 unspecified atom stereocenters. The molecular formula is C31H38N2O2. The predicted molar refractivity (Wildman–Crippen MR) is 143 cm³/mol. The molecule has 0 heterocycles. The summed E-state index contributed by atoms with van der Waals surface area (Å²) in [6, 6.07) is 23.6. The van der Waals surface area contributed by atoms with Gasteiger partial charge in [-0.05, 0) is 48.9 Å². The Morgan fingerprint density at radius 3 is 2.09 bits per heavy atom. The molecule has 0 radical (unpaired) electrons. The van der Waals surface area contributed by atoms with Gasteiger partial charge in [0.05, 0.1) is 6.42 Å². The first-order valence-electron chi connectivity index (χ1n) is 12.5. The molecule has 3 rings (SSSR count). The summed E-state index contributed by atoms with van der Waals surface area (Å²) in [4.78, 5) is 29.2. The summed E-state index contributed by atoms with van der Waals surface area (Å²) in [5, 5.41) is 3.09. The van der Waals surface area contributed by atoms with Crippen LogP contribution in [0.3, 0.4) is 0 Å². The Hall–Kier alpha value is -3.40. The average Bonchev–Trinajstić information content (AvgIpc) is 2.80. The maximum absolute atomic E-state index is 13.9. The Kier molecular flexibility index (Phi) is 9.25. The van der Waals surface area contributed by atoms with Crippen molar-refractivity contribution in [2.45, 2.75) is 60.0 Å². The van der Waals surface area contributed by atoms with Crippen LogP contribution in [0.25, 0.3) is 0 Å². The van der Waals surface area contributed by atoms with Crippen LogP contribution < -0.4 is 5.32 Å². The summed E-state index contributed by atoms with van der Waals surface area (Å²) in [7, 11) is 0. The van der Waals surface area contributed by atoms with E-state index in [0.717, 1.165) is 33.4 Å². The molecule has 0 aliphatic carbocycles. The number of hydrogen-bond donors (Lipinski definition) is 1. The maximum Gasteiger partial charge on any atom is 0.243 e. The number of nitrogens with zero attached hydrogens (tertiary/aromatic N) is 1. The van der Waals surface area contributed by atoms with Gasteiger partial charge in [0.1, 0.15) is 6.04 Å². The number of aryl methyl sites for hydroxylation is 3. The number of amides is 2. The Labute approximate surface area is 210 Å². The van der Waals surface area contributed by atoms with E-state index in [1.54, 1.807) is 4.90 Å². The third-order valence-electron chi connectivity index (χ3n) is 6.19. The highest BCUT2D eigenvalue weighted by Gasteiger charge is 2.30. The fourth-order valence-corrected chi connectivity index (χ4v) is 4.39. The summed E-state index contributed by atoms with van der Waals surface area (Å²) in [5.41, 5.74) is 6.44. The van der Waals surface area contributed by atoms with Crippen LogP contribution in [-0.4, -0.2) is 29.3 Å². The monoisotopic (exact) mass is 470 g/mol. The molecule has 0 saturated heterocycles. The van der Waals surface area contributed by atoms with E-state index in [0.29, 0.717) is 25.4 Å². The van der Waals surface area contributed by atoms with Crippen LogP contribution >= 0.6 is 0 Å². The molecule has 4 nitrogen and oxygen atoms in total. The fourth-order valence-electron chi connectivity index (χ4n) is 4.39. The van der Waals surface area contributed by atoms with Gasteiger partial charge in [-0.15, -0.1) is 0 Å². The molecular weight excluding hydrogens is 432 g/mol. The van der Waals surface area contributed by atoms with Crippen molar-refractivity contribution >= 4 is 11.8 Å². The maximum atomic E-state index is 13.9. The van der Waals surface area contributed by atoms with Gasteiger partial charge in [0.25, 0.3) is 0 Å². The summed E-state index contributed by atoms with van der Waals surface area (Å²) in [6.45, 7) is 11.3. The van der Waals surface area contributed by atoms with E-state index in [4.69, 9.17) is 0 Å². The number of carbonyl (C=O) groups excluding carboxylic acids is 2. The van der Waals surface area contributed by atoms with Gasteiger partial charge >= 0.3 is 0 Å². The lowest BCUT2D eigenvalue weighted by Gasteiger charge is -2.32. The van der Waals surface area contributed by atoms with Crippen LogP contribution in [0, 0.1) is 26.7 Å². The van der Waals surface area contributed by atoms with Gasteiger partial charge in [-0.25, -0.2) is 0 Å². The van der Waals surface area contributed by atoms with Crippen LogP contribution in [0.5, 0.6) is 0 Å². The van der Waals surface area contributed by atoms with E-state index < -0.39 is 6.04 Å². The number of carbonyl (C=O) groups is 2. The van der Waals surface area contributed by atoms with Crippen molar-refractivity contribution in [2.24, 2.45) is 5.92 Å². The van der Waals surface area contributed by atoms with Crippen LogP contribution in [0.4, 0.5) is 0 Å². The standard InChI is InChI=1S/C31H38N2O2/c1-22(2)20-32-31(35)29(18-26-12-7-6-8-13-26)33(21-28-14-10-9-11-25(28)5)30(34)19-27-16-23(3)15-24(4)17-27/h6-17,22,29H,18-21H2,1-5H3,(H,32,35)/t29-/m1/s1. The van der Waals surface area contributed by atoms with Gasteiger partial charge in [0, 0.05) is 19.5 Å². The van der Waals surface area contributed by atoms with E-state index in [1.807, 2.05) is 75.4 Å².